The molecule has 2 N–H and O–H groups in total. The van der Waals surface area contributed by atoms with E-state index in [1.807, 2.05) is 12.1 Å². The number of halogens is 1. The Balaban J connectivity index is 1.48. The lowest BCUT2D eigenvalue weighted by atomic mass is 9.64. The summed E-state index contributed by atoms with van der Waals surface area (Å²) in [5, 5.41) is 8.79. The molecule has 3 aliphatic carbocycles. The smallest absolute Gasteiger partial charge is 0.190 e. The summed E-state index contributed by atoms with van der Waals surface area (Å²) in [5.41, 5.74) is 3.52. The SMILES string of the molecule is Fc1cccc2cc(C3=NNC4(CC5CCC4CC5)N3)oc12. The zero-order valence-corrected chi connectivity index (χ0v) is 12.2. The van der Waals surface area contributed by atoms with Gasteiger partial charge in [0.1, 0.15) is 5.66 Å². The summed E-state index contributed by atoms with van der Waals surface area (Å²) in [7, 11) is 0. The molecule has 4 aliphatic rings. The molecule has 1 unspecified atom stereocenters. The molecule has 0 radical (unpaired) electrons. The van der Waals surface area contributed by atoms with Crippen LogP contribution in [0.5, 0.6) is 0 Å². The van der Waals surface area contributed by atoms with Gasteiger partial charge in [-0.1, -0.05) is 12.1 Å². The second kappa shape index (κ2) is 4.24. The third-order valence-electron chi connectivity index (χ3n) is 5.59. The number of rotatable bonds is 1. The number of para-hydroxylation sites is 1. The largest absolute Gasteiger partial charge is 0.450 e. The number of benzene rings is 1. The molecule has 2 heterocycles. The van der Waals surface area contributed by atoms with Crippen molar-refractivity contribution in [2.75, 3.05) is 0 Å². The summed E-state index contributed by atoms with van der Waals surface area (Å²) in [6.45, 7) is 0. The van der Waals surface area contributed by atoms with Gasteiger partial charge in [0, 0.05) is 11.3 Å². The first-order valence-electron chi connectivity index (χ1n) is 8.05. The van der Waals surface area contributed by atoms with Gasteiger partial charge in [-0.15, -0.1) is 0 Å². The number of furan rings is 1. The molecule has 1 spiro atoms. The minimum absolute atomic E-state index is 0.117. The molecule has 22 heavy (non-hydrogen) atoms. The monoisotopic (exact) mass is 299 g/mol. The Labute approximate surface area is 127 Å². The van der Waals surface area contributed by atoms with Crippen molar-refractivity contribution in [3.05, 3.63) is 35.8 Å². The van der Waals surface area contributed by atoms with Crippen LogP contribution >= 0.6 is 0 Å². The molecule has 0 amide bonds. The van der Waals surface area contributed by atoms with Crippen LogP contribution in [-0.4, -0.2) is 11.5 Å². The van der Waals surface area contributed by atoms with Crippen LogP contribution in [0.4, 0.5) is 4.39 Å². The van der Waals surface area contributed by atoms with Crippen LogP contribution in [0.25, 0.3) is 11.0 Å². The van der Waals surface area contributed by atoms with Crippen molar-refractivity contribution < 1.29 is 8.81 Å². The maximum atomic E-state index is 13.8. The lowest BCUT2D eigenvalue weighted by Crippen LogP contribution is -2.62. The summed E-state index contributed by atoms with van der Waals surface area (Å²) in [6.07, 6.45) is 6.28. The van der Waals surface area contributed by atoms with E-state index in [2.05, 4.69) is 15.8 Å². The Bertz CT molecular complexity index is 775. The lowest BCUT2D eigenvalue weighted by Gasteiger charge is -2.49. The molecule has 6 rings (SSSR count). The average Bonchev–Trinajstić information content (AvgIpc) is 3.14. The first-order chi connectivity index (χ1) is 10.7. The number of amidine groups is 1. The van der Waals surface area contributed by atoms with Gasteiger partial charge in [-0.25, -0.2) is 4.39 Å². The molecule has 0 saturated heterocycles. The molecule has 1 aromatic carbocycles. The molecule has 5 heteroatoms. The Hall–Kier alpha value is -2.04. The van der Waals surface area contributed by atoms with Gasteiger partial charge < -0.3 is 9.73 Å². The number of hydrogen-bond acceptors (Lipinski definition) is 4. The second-order valence-electron chi connectivity index (χ2n) is 6.86. The van der Waals surface area contributed by atoms with Gasteiger partial charge in [0.05, 0.1) is 0 Å². The predicted octanol–water partition coefficient (Wildman–Crippen LogP) is 3.33. The molecular formula is C17H18FN3O. The number of fused-ring (bicyclic) bond motifs is 3. The van der Waals surface area contributed by atoms with Crippen molar-refractivity contribution in [1.82, 2.24) is 10.7 Å². The Morgan fingerprint density at radius 2 is 2.09 bits per heavy atom. The third-order valence-corrected chi connectivity index (χ3v) is 5.59. The zero-order valence-electron chi connectivity index (χ0n) is 12.2. The lowest BCUT2D eigenvalue weighted by molar-refractivity contribution is 0.0393. The highest BCUT2D eigenvalue weighted by molar-refractivity contribution is 6.01. The molecule has 2 aromatic rings. The van der Waals surface area contributed by atoms with Crippen molar-refractivity contribution in [2.24, 2.45) is 16.9 Å². The van der Waals surface area contributed by atoms with E-state index in [1.165, 1.54) is 31.7 Å². The van der Waals surface area contributed by atoms with E-state index in [9.17, 15) is 4.39 Å². The average molecular weight is 299 g/mol. The van der Waals surface area contributed by atoms with Crippen molar-refractivity contribution >= 4 is 16.8 Å². The molecule has 3 saturated carbocycles. The van der Waals surface area contributed by atoms with E-state index in [-0.39, 0.29) is 11.5 Å². The highest BCUT2D eigenvalue weighted by Crippen LogP contribution is 2.47. The fourth-order valence-electron chi connectivity index (χ4n) is 4.46. The van der Waals surface area contributed by atoms with Crippen molar-refractivity contribution in [1.29, 1.82) is 0 Å². The fourth-order valence-corrected chi connectivity index (χ4v) is 4.46. The van der Waals surface area contributed by atoms with Gasteiger partial charge >= 0.3 is 0 Å². The fraction of sp³-hybridized carbons (Fsp3) is 0.471. The van der Waals surface area contributed by atoms with Gasteiger partial charge in [0.25, 0.3) is 0 Å². The van der Waals surface area contributed by atoms with E-state index in [4.69, 9.17) is 4.42 Å². The maximum absolute atomic E-state index is 13.8. The molecule has 1 aliphatic heterocycles. The normalized spacial score (nSPS) is 33.0. The number of hydrogen-bond donors (Lipinski definition) is 2. The van der Waals surface area contributed by atoms with Gasteiger partial charge in [-0.3, -0.25) is 5.43 Å². The van der Waals surface area contributed by atoms with Gasteiger partial charge in [-0.05, 0) is 50.2 Å². The molecule has 4 nitrogen and oxygen atoms in total. The molecule has 1 atom stereocenters. The first kappa shape index (κ1) is 12.5. The van der Waals surface area contributed by atoms with Crippen LogP contribution in [-0.2, 0) is 0 Å². The molecule has 114 valence electrons. The van der Waals surface area contributed by atoms with E-state index in [0.717, 1.165) is 17.7 Å². The highest BCUT2D eigenvalue weighted by atomic mass is 19.1. The standard InChI is InChI=1S/C17H18FN3O/c18-13-3-1-2-11-8-14(22-15(11)13)16-19-17(21-20-16)9-10-4-6-12(17)7-5-10/h1-3,8,10,12,21H,4-7,9H2,(H,19,20). The van der Waals surface area contributed by atoms with E-state index in [1.54, 1.807) is 6.07 Å². The maximum Gasteiger partial charge on any atom is 0.190 e. The highest BCUT2D eigenvalue weighted by Gasteiger charge is 2.50. The predicted molar refractivity (Wildman–Crippen MR) is 81.8 cm³/mol. The quantitative estimate of drug-likeness (QED) is 0.849. The number of nitrogens with one attached hydrogen (secondary N) is 2. The minimum atomic E-state index is -0.332. The Morgan fingerprint density at radius 3 is 2.82 bits per heavy atom. The summed E-state index contributed by atoms with van der Waals surface area (Å²) >= 11 is 0. The van der Waals surface area contributed by atoms with Crippen molar-refractivity contribution in [3.8, 4) is 0 Å². The molecule has 1 aromatic heterocycles. The topological polar surface area (TPSA) is 49.6 Å². The van der Waals surface area contributed by atoms with Crippen LogP contribution < -0.4 is 10.7 Å². The third kappa shape index (κ3) is 1.65. The van der Waals surface area contributed by atoms with Crippen LogP contribution in [0.2, 0.25) is 0 Å². The second-order valence-corrected chi connectivity index (χ2v) is 6.86. The van der Waals surface area contributed by atoms with Crippen LogP contribution in [0, 0.1) is 17.7 Å². The minimum Gasteiger partial charge on any atom is -0.450 e. The molecule has 2 bridgehead atoms. The number of hydrazone groups is 1. The summed E-state index contributed by atoms with van der Waals surface area (Å²) in [5.74, 6) is 2.36. The van der Waals surface area contributed by atoms with Crippen molar-refractivity contribution in [3.63, 3.8) is 0 Å². The summed E-state index contributed by atoms with van der Waals surface area (Å²) < 4.78 is 19.5. The summed E-state index contributed by atoms with van der Waals surface area (Å²) in [4.78, 5) is 0. The van der Waals surface area contributed by atoms with Crippen LogP contribution in [0.3, 0.4) is 0 Å². The first-order valence-corrected chi connectivity index (χ1v) is 8.05. The Morgan fingerprint density at radius 1 is 1.23 bits per heavy atom. The van der Waals surface area contributed by atoms with E-state index < -0.39 is 0 Å². The zero-order chi connectivity index (χ0) is 14.7. The van der Waals surface area contributed by atoms with Gasteiger partial charge in [-0.2, -0.15) is 5.10 Å². The molecular weight excluding hydrogens is 281 g/mol. The number of nitrogens with zero attached hydrogens (tertiary/aromatic N) is 1. The van der Waals surface area contributed by atoms with Crippen LogP contribution in [0.15, 0.2) is 33.8 Å². The summed E-state index contributed by atoms with van der Waals surface area (Å²) in [6, 6.07) is 6.82. The molecule has 3 fully saturated rings. The van der Waals surface area contributed by atoms with Gasteiger partial charge in [0.2, 0.25) is 0 Å². The van der Waals surface area contributed by atoms with Gasteiger partial charge in [0.15, 0.2) is 23.0 Å². The van der Waals surface area contributed by atoms with E-state index in [0.29, 0.717) is 23.1 Å². The van der Waals surface area contributed by atoms with Crippen molar-refractivity contribution in [2.45, 2.75) is 37.8 Å². The van der Waals surface area contributed by atoms with E-state index >= 15 is 0 Å². The van der Waals surface area contributed by atoms with Crippen LogP contribution in [0.1, 0.15) is 37.9 Å². The Kier molecular flexibility index (Phi) is 2.41.